The number of hydrogen-bond acceptors (Lipinski definition) is 2. The van der Waals surface area contributed by atoms with Crippen LogP contribution in [-0.4, -0.2) is 18.5 Å². The molecule has 2 rings (SSSR count). The van der Waals surface area contributed by atoms with Crippen molar-refractivity contribution in [2.45, 2.75) is 12.5 Å². The first kappa shape index (κ1) is 9.52. The van der Waals surface area contributed by atoms with Crippen LogP contribution in [-0.2, 0) is 4.79 Å². The number of carbonyl (C=O) groups is 1. The summed E-state index contributed by atoms with van der Waals surface area (Å²) in [5.41, 5.74) is 0.967. The molecule has 0 bridgehead atoms. The Balaban J connectivity index is 2.10. The lowest BCUT2D eigenvalue weighted by molar-refractivity contribution is -0.119. The van der Waals surface area contributed by atoms with Gasteiger partial charge in [0.1, 0.15) is 6.04 Å². The number of carbonyl (C=O) groups excluding carboxylic acids is 1. The standard InChI is InChI=1S/C10H11BrN2O/c11-7-3-1-2-4-8(7)13-9-5-6-12-10(9)14/h1-4,9,13H,5-6H2,(H,12,14). The lowest BCUT2D eigenvalue weighted by Crippen LogP contribution is -2.29. The summed E-state index contributed by atoms with van der Waals surface area (Å²) < 4.78 is 0.986. The Bertz CT molecular complexity index is 354. The fourth-order valence-corrected chi connectivity index (χ4v) is 1.90. The van der Waals surface area contributed by atoms with E-state index >= 15 is 0 Å². The summed E-state index contributed by atoms with van der Waals surface area (Å²) in [6.45, 7) is 0.765. The molecule has 4 heteroatoms. The van der Waals surface area contributed by atoms with Crippen LogP contribution in [0.5, 0.6) is 0 Å². The number of nitrogens with one attached hydrogen (secondary N) is 2. The summed E-state index contributed by atoms with van der Waals surface area (Å²) >= 11 is 3.43. The first-order chi connectivity index (χ1) is 6.77. The third-order valence-electron chi connectivity index (χ3n) is 2.25. The van der Waals surface area contributed by atoms with Gasteiger partial charge in [0.15, 0.2) is 0 Å². The van der Waals surface area contributed by atoms with Crippen molar-refractivity contribution >= 4 is 27.5 Å². The van der Waals surface area contributed by atoms with Gasteiger partial charge in [0, 0.05) is 16.7 Å². The van der Waals surface area contributed by atoms with Crippen LogP contribution in [0.1, 0.15) is 6.42 Å². The average molecular weight is 255 g/mol. The summed E-state index contributed by atoms with van der Waals surface area (Å²) in [4.78, 5) is 11.3. The van der Waals surface area contributed by atoms with Gasteiger partial charge in [0.05, 0.1) is 0 Å². The average Bonchev–Trinajstić information content (AvgIpc) is 2.56. The summed E-state index contributed by atoms with van der Waals surface area (Å²) in [6.07, 6.45) is 0.847. The van der Waals surface area contributed by atoms with E-state index in [-0.39, 0.29) is 11.9 Å². The Morgan fingerprint density at radius 1 is 1.43 bits per heavy atom. The summed E-state index contributed by atoms with van der Waals surface area (Å²) in [5, 5.41) is 5.99. The lowest BCUT2D eigenvalue weighted by atomic mass is 10.2. The third-order valence-corrected chi connectivity index (χ3v) is 2.94. The van der Waals surface area contributed by atoms with Gasteiger partial charge in [-0.05, 0) is 34.5 Å². The van der Waals surface area contributed by atoms with Crippen LogP contribution in [0.2, 0.25) is 0 Å². The van der Waals surface area contributed by atoms with E-state index < -0.39 is 0 Å². The minimum Gasteiger partial charge on any atom is -0.373 e. The second kappa shape index (κ2) is 4.00. The van der Waals surface area contributed by atoms with Crippen molar-refractivity contribution in [3.63, 3.8) is 0 Å². The van der Waals surface area contributed by atoms with Crippen molar-refractivity contribution in [2.24, 2.45) is 0 Å². The van der Waals surface area contributed by atoms with E-state index in [0.717, 1.165) is 23.1 Å². The normalized spacial score (nSPS) is 20.6. The van der Waals surface area contributed by atoms with Gasteiger partial charge in [-0.2, -0.15) is 0 Å². The molecule has 1 heterocycles. The maximum atomic E-state index is 11.3. The molecule has 3 nitrogen and oxygen atoms in total. The molecule has 0 radical (unpaired) electrons. The van der Waals surface area contributed by atoms with Crippen LogP contribution in [0.15, 0.2) is 28.7 Å². The zero-order valence-electron chi connectivity index (χ0n) is 7.59. The summed E-state index contributed by atoms with van der Waals surface area (Å²) in [6, 6.07) is 7.71. The van der Waals surface area contributed by atoms with Crippen LogP contribution in [0, 0.1) is 0 Å². The molecule has 1 amide bonds. The first-order valence-corrected chi connectivity index (χ1v) is 5.35. The van der Waals surface area contributed by atoms with E-state index in [2.05, 4.69) is 26.6 Å². The largest absolute Gasteiger partial charge is 0.373 e. The monoisotopic (exact) mass is 254 g/mol. The maximum Gasteiger partial charge on any atom is 0.242 e. The number of anilines is 1. The number of hydrogen-bond donors (Lipinski definition) is 2. The molecule has 74 valence electrons. The van der Waals surface area contributed by atoms with Crippen molar-refractivity contribution in [3.8, 4) is 0 Å². The molecule has 1 aliphatic heterocycles. The van der Waals surface area contributed by atoms with E-state index in [0.29, 0.717) is 0 Å². The van der Waals surface area contributed by atoms with Crippen molar-refractivity contribution < 1.29 is 4.79 Å². The van der Waals surface area contributed by atoms with Crippen LogP contribution < -0.4 is 10.6 Å². The molecule has 1 atom stereocenters. The molecule has 1 aromatic rings. The predicted molar refractivity (Wildman–Crippen MR) is 59.2 cm³/mol. The Morgan fingerprint density at radius 2 is 2.21 bits per heavy atom. The number of benzene rings is 1. The second-order valence-corrected chi connectivity index (χ2v) is 4.11. The number of para-hydroxylation sites is 1. The molecule has 2 N–H and O–H groups in total. The molecular formula is C10H11BrN2O. The molecule has 1 aliphatic rings. The second-order valence-electron chi connectivity index (χ2n) is 3.26. The molecule has 1 unspecified atom stereocenters. The Labute approximate surface area is 91.0 Å². The van der Waals surface area contributed by atoms with E-state index in [1.807, 2.05) is 24.3 Å². The van der Waals surface area contributed by atoms with Crippen LogP contribution in [0.3, 0.4) is 0 Å². The minimum atomic E-state index is -0.0892. The molecule has 14 heavy (non-hydrogen) atoms. The molecule has 1 fully saturated rings. The lowest BCUT2D eigenvalue weighted by Gasteiger charge is -2.12. The fourth-order valence-electron chi connectivity index (χ4n) is 1.50. The van der Waals surface area contributed by atoms with E-state index in [1.165, 1.54) is 0 Å². The summed E-state index contributed by atoms with van der Waals surface area (Å²) in [7, 11) is 0. The fraction of sp³-hybridized carbons (Fsp3) is 0.300. The van der Waals surface area contributed by atoms with Crippen LogP contribution in [0.4, 0.5) is 5.69 Å². The molecule has 1 aromatic carbocycles. The summed E-state index contributed by atoms with van der Waals surface area (Å²) in [5.74, 6) is 0.0840. The quantitative estimate of drug-likeness (QED) is 0.845. The van der Waals surface area contributed by atoms with Gasteiger partial charge >= 0.3 is 0 Å². The number of rotatable bonds is 2. The van der Waals surface area contributed by atoms with Gasteiger partial charge in [-0.1, -0.05) is 12.1 Å². The molecular weight excluding hydrogens is 244 g/mol. The van der Waals surface area contributed by atoms with Crippen LogP contribution in [0.25, 0.3) is 0 Å². The highest BCUT2D eigenvalue weighted by Gasteiger charge is 2.23. The minimum absolute atomic E-state index is 0.0840. The van der Waals surface area contributed by atoms with Crippen molar-refractivity contribution in [2.75, 3.05) is 11.9 Å². The highest BCUT2D eigenvalue weighted by atomic mass is 79.9. The Kier molecular flexibility index (Phi) is 2.72. The van der Waals surface area contributed by atoms with Crippen molar-refractivity contribution in [1.82, 2.24) is 5.32 Å². The number of amides is 1. The van der Waals surface area contributed by atoms with Gasteiger partial charge in [0.25, 0.3) is 0 Å². The van der Waals surface area contributed by atoms with Crippen molar-refractivity contribution in [3.05, 3.63) is 28.7 Å². The highest BCUT2D eigenvalue weighted by molar-refractivity contribution is 9.10. The van der Waals surface area contributed by atoms with Gasteiger partial charge < -0.3 is 10.6 Å². The van der Waals surface area contributed by atoms with Gasteiger partial charge in [0.2, 0.25) is 5.91 Å². The van der Waals surface area contributed by atoms with E-state index in [1.54, 1.807) is 0 Å². The molecule has 0 aromatic heterocycles. The van der Waals surface area contributed by atoms with Gasteiger partial charge in [-0.3, -0.25) is 4.79 Å². The Hall–Kier alpha value is -1.03. The van der Waals surface area contributed by atoms with Crippen molar-refractivity contribution in [1.29, 1.82) is 0 Å². The zero-order valence-corrected chi connectivity index (χ0v) is 9.17. The zero-order chi connectivity index (χ0) is 9.97. The SMILES string of the molecule is O=C1NCCC1Nc1ccccc1Br. The highest BCUT2D eigenvalue weighted by Crippen LogP contribution is 2.23. The molecule has 1 saturated heterocycles. The van der Waals surface area contributed by atoms with Gasteiger partial charge in [-0.25, -0.2) is 0 Å². The number of halogens is 1. The van der Waals surface area contributed by atoms with E-state index in [9.17, 15) is 4.79 Å². The molecule has 0 aliphatic carbocycles. The topological polar surface area (TPSA) is 41.1 Å². The predicted octanol–water partition coefficient (Wildman–Crippen LogP) is 1.75. The van der Waals surface area contributed by atoms with Gasteiger partial charge in [-0.15, -0.1) is 0 Å². The Morgan fingerprint density at radius 3 is 2.86 bits per heavy atom. The smallest absolute Gasteiger partial charge is 0.242 e. The molecule has 0 saturated carbocycles. The maximum absolute atomic E-state index is 11.3. The third kappa shape index (κ3) is 1.90. The van der Waals surface area contributed by atoms with Crippen LogP contribution >= 0.6 is 15.9 Å². The molecule has 0 spiro atoms. The van der Waals surface area contributed by atoms with E-state index in [4.69, 9.17) is 0 Å². The first-order valence-electron chi connectivity index (χ1n) is 4.56.